The molecule has 0 spiro atoms. The third-order valence-electron chi connectivity index (χ3n) is 1.97. The normalized spacial score (nSPS) is 12.6. The fraction of sp³-hybridized carbons (Fsp3) is 0.400. The van der Waals surface area contributed by atoms with Crippen LogP contribution in [0.25, 0.3) is 0 Å². The Kier molecular flexibility index (Phi) is 5.07. The van der Waals surface area contributed by atoms with Gasteiger partial charge in [-0.25, -0.2) is 0 Å². The first-order valence-corrected chi connectivity index (χ1v) is 6.17. The summed E-state index contributed by atoms with van der Waals surface area (Å²) in [4.78, 5) is 11.5. The highest BCUT2D eigenvalue weighted by atomic mass is 32.2. The van der Waals surface area contributed by atoms with Crippen molar-refractivity contribution in [3.8, 4) is 6.07 Å². The second-order valence-electron chi connectivity index (χ2n) is 3.72. The van der Waals surface area contributed by atoms with E-state index < -0.39 is 27.3 Å². The molecule has 0 aliphatic rings. The molecule has 0 aromatic carbocycles. The van der Waals surface area contributed by atoms with E-state index in [1.807, 2.05) is 0 Å². The predicted octanol–water partition coefficient (Wildman–Crippen LogP) is 0.608. The van der Waals surface area contributed by atoms with Crippen LogP contribution in [-0.2, 0) is 14.9 Å². The fourth-order valence-corrected chi connectivity index (χ4v) is 1.95. The topological polar surface area (TPSA) is 107 Å². The zero-order valence-electron chi connectivity index (χ0n) is 9.60. The summed E-state index contributed by atoms with van der Waals surface area (Å²) < 4.78 is 30.9. The molecule has 7 heteroatoms. The summed E-state index contributed by atoms with van der Waals surface area (Å²) in [7, 11) is -4.41. The van der Waals surface area contributed by atoms with Crippen molar-refractivity contribution >= 4 is 16.0 Å². The van der Waals surface area contributed by atoms with Crippen molar-refractivity contribution in [2.24, 2.45) is 5.92 Å². The molecule has 6 nitrogen and oxygen atoms in total. The van der Waals surface area contributed by atoms with Crippen molar-refractivity contribution in [1.82, 2.24) is 5.32 Å². The number of hydrogen-bond donors (Lipinski definition) is 2. The van der Waals surface area contributed by atoms with Crippen molar-refractivity contribution in [3.63, 3.8) is 0 Å². The summed E-state index contributed by atoms with van der Waals surface area (Å²) in [5.74, 6) is -1.38. The molecule has 0 aliphatic heterocycles. The Morgan fingerprint density at radius 2 is 1.88 bits per heavy atom. The van der Waals surface area contributed by atoms with Crippen LogP contribution in [0, 0.1) is 17.2 Å². The van der Waals surface area contributed by atoms with Crippen LogP contribution in [-0.4, -0.2) is 24.3 Å². The van der Waals surface area contributed by atoms with Crippen molar-refractivity contribution < 1.29 is 17.8 Å². The molecule has 0 rings (SSSR count). The first-order chi connectivity index (χ1) is 7.61. The maximum Gasteiger partial charge on any atom is 0.286 e. The molecule has 94 valence electrons. The van der Waals surface area contributed by atoms with Crippen LogP contribution in [0.2, 0.25) is 0 Å². The standard InChI is InChI=1S/C10H14N2O4S/c1-6(2)10(17(14,15)16)12-9(13)8(4)7(3)5-11/h6,10H,3-4H2,1-2H3,(H,12,13)(H,14,15,16). The van der Waals surface area contributed by atoms with E-state index in [0.29, 0.717) is 0 Å². The highest BCUT2D eigenvalue weighted by Gasteiger charge is 2.29. The lowest BCUT2D eigenvalue weighted by atomic mass is 10.1. The number of hydrogen-bond acceptors (Lipinski definition) is 4. The lowest BCUT2D eigenvalue weighted by molar-refractivity contribution is -0.117. The third-order valence-corrected chi connectivity index (χ3v) is 3.28. The van der Waals surface area contributed by atoms with E-state index in [9.17, 15) is 13.2 Å². The number of carbonyl (C=O) groups excluding carboxylic acids is 1. The van der Waals surface area contributed by atoms with Gasteiger partial charge in [-0.1, -0.05) is 27.0 Å². The Morgan fingerprint density at radius 1 is 1.41 bits per heavy atom. The minimum atomic E-state index is -4.41. The average molecular weight is 258 g/mol. The summed E-state index contributed by atoms with van der Waals surface area (Å²) >= 11 is 0. The zero-order valence-corrected chi connectivity index (χ0v) is 10.4. The van der Waals surface area contributed by atoms with Gasteiger partial charge in [-0.3, -0.25) is 9.35 Å². The Morgan fingerprint density at radius 3 is 2.18 bits per heavy atom. The number of amides is 1. The summed E-state index contributed by atoms with van der Waals surface area (Å²) in [6.45, 7) is 9.61. The highest BCUT2D eigenvalue weighted by molar-refractivity contribution is 7.86. The van der Waals surface area contributed by atoms with Gasteiger partial charge in [0.05, 0.1) is 11.6 Å². The number of rotatable bonds is 5. The lowest BCUT2D eigenvalue weighted by Gasteiger charge is -2.19. The molecule has 0 aliphatic carbocycles. The average Bonchev–Trinajstić information content (AvgIpc) is 2.21. The molecule has 1 atom stereocenters. The van der Waals surface area contributed by atoms with Crippen LogP contribution in [0.1, 0.15) is 13.8 Å². The molecule has 0 bridgehead atoms. The van der Waals surface area contributed by atoms with E-state index in [-0.39, 0.29) is 11.1 Å². The van der Waals surface area contributed by atoms with Gasteiger partial charge in [0.2, 0.25) is 0 Å². The summed E-state index contributed by atoms with van der Waals surface area (Å²) in [5, 5.41) is 9.14. The van der Waals surface area contributed by atoms with Crippen LogP contribution in [0.5, 0.6) is 0 Å². The van der Waals surface area contributed by atoms with Crippen LogP contribution >= 0.6 is 0 Å². The summed E-state index contributed by atoms with van der Waals surface area (Å²) in [5.41, 5.74) is -0.401. The molecule has 1 amide bonds. The molecule has 0 aromatic heterocycles. The van der Waals surface area contributed by atoms with Crippen LogP contribution in [0.15, 0.2) is 24.3 Å². The minimum absolute atomic E-state index is 0.166. The fourth-order valence-electron chi connectivity index (χ4n) is 1.01. The van der Waals surface area contributed by atoms with E-state index in [0.717, 1.165) is 0 Å². The van der Waals surface area contributed by atoms with Crippen molar-refractivity contribution in [1.29, 1.82) is 5.26 Å². The van der Waals surface area contributed by atoms with Crippen LogP contribution < -0.4 is 5.32 Å². The molecule has 0 saturated heterocycles. The van der Waals surface area contributed by atoms with Gasteiger partial charge in [0.15, 0.2) is 5.37 Å². The van der Waals surface area contributed by atoms with E-state index in [1.165, 1.54) is 13.8 Å². The predicted molar refractivity (Wildman–Crippen MR) is 62.2 cm³/mol. The number of carbonyl (C=O) groups is 1. The molecule has 0 radical (unpaired) electrons. The van der Waals surface area contributed by atoms with Crippen molar-refractivity contribution in [3.05, 3.63) is 24.3 Å². The maximum atomic E-state index is 11.5. The van der Waals surface area contributed by atoms with Gasteiger partial charge in [0, 0.05) is 5.57 Å². The van der Waals surface area contributed by atoms with Gasteiger partial charge >= 0.3 is 0 Å². The summed E-state index contributed by atoms with van der Waals surface area (Å²) in [6.07, 6.45) is 0. The highest BCUT2D eigenvalue weighted by Crippen LogP contribution is 2.10. The Balaban J connectivity index is 4.96. The van der Waals surface area contributed by atoms with Gasteiger partial charge in [0.25, 0.3) is 16.0 Å². The van der Waals surface area contributed by atoms with Gasteiger partial charge in [0.1, 0.15) is 0 Å². The second-order valence-corrected chi connectivity index (χ2v) is 5.26. The van der Waals surface area contributed by atoms with E-state index >= 15 is 0 Å². The molecule has 2 N–H and O–H groups in total. The van der Waals surface area contributed by atoms with E-state index in [2.05, 4.69) is 18.5 Å². The Labute approximate surface area is 100 Å². The minimum Gasteiger partial charge on any atom is -0.333 e. The monoisotopic (exact) mass is 258 g/mol. The molecule has 0 saturated carbocycles. The Bertz CT molecular complexity index is 485. The Hall–Kier alpha value is -1.65. The van der Waals surface area contributed by atoms with Crippen LogP contribution in [0.4, 0.5) is 0 Å². The third kappa shape index (κ3) is 4.38. The SMILES string of the molecule is C=C(C#N)C(=C)C(=O)NC(C(C)C)S(=O)(=O)O. The largest absolute Gasteiger partial charge is 0.333 e. The van der Waals surface area contributed by atoms with Crippen LogP contribution in [0.3, 0.4) is 0 Å². The second kappa shape index (κ2) is 5.61. The molecule has 1 unspecified atom stereocenters. The zero-order chi connectivity index (χ0) is 13.8. The van der Waals surface area contributed by atoms with Gasteiger partial charge < -0.3 is 5.32 Å². The maximum absolute atomic E-state index is 11.5. The number of nitrogens with zero attached hydrogens (tertiary/aromatic N) is 1. The smallest absolute Gasteiger partial charge is 0.286 e. The van der Waals surface area contributed by atoms with E-state index in [4.69, 9.17) is 9.81 Å². The van der Waals surface area contributed by atoms with Crippen molar-refractivity contribution in [2.75, 3.05) is 0 Å². The molecular weight excluding hydrogens is 244 g/mol. The number of nitrogens with one attached hydrogen (secondary N) is 1. The molecular formula is C10H14N2O4S. The summed E-state index contributed by atoms with van der Waals surface area (Å²) in [6, 6.07) is 1.62. The molecule has 0 heterocycles. The first kappa shape index (κ1) is 15.3. The van der Waals surface area contributed by atoms with Gasteiger partial charge in [-0.15, -0.1) is 0 Å². The molecule has 17 heavy (non-hydrogen) atoms. The number of nitriles is 1. The lowest BCUT2D eigenvalue weighted by Crippen LogP contribution is -2.44. The quantitative estimate of drug-likeness (QED) is 0.325. The molecule has 0 fully saturated rings. The van der Waals surface area contributed by atoms with Gasteiger partial charge in [-0.05, 0) is 5.92 Å². The van der Waals surface area contributed by atoms with Gasteiger partial charge in [-0.2, -0.15) is 13.7 Å². The van der Waals surface area contributed by atoms with E-state index in [1.54, 1.807) is 6.07 Å². The first-order valence-electron chi connectivity index (χ1n) is 4.66. The molecule has 0 aromatic rings. The van der Waals surface area contributed by atoms with Crippen molar-refractivity contribution in [2.45, 2.75) is 19.2 Å².